The Morgan fingerprint density at radius 1 is 0.764 bits per heavy atom. The molecule has 0 aliphatic rings. The average molecular weight is 922 g/mol. The summed E-state index contributed by atoms with van der Waals surface area (Å²) in [7, 11) is -1.47. The molecule has 5 aromatic carbocycles. The third-order valence-corrected chi connectivity index (χ3v) is 12.1. The number of para-hydroxylation sites is 3. The molecule has 4 nitrogen and oxygen atoms in total. The summed E-state index contributed by atoms with van der Waals surface area (Å²) < 4.78 is 39.9. The summed E-state index contributed by atoms with van der Waals surface area (Å²) in [5.74, 6) is 0.597. The maximum absolute atomic E-state index is 8.16. The molecule has 0 saturated heterocycles. The van der Waals surface area contributed by atoms with Gasteiger partial charge in [-0.15, -0.1) is 54.1 Å². The van der Waals surface area contributed by atoms with Crippen LogP contribution in [0.5, 0.6) is 0 Å². The van der Waals surface area contributed by atoms with Crippen LogP contribution in [-0.4, -0.2) is 22.6 Å². The normalized spacial score (nSPS) is 13.3. The van der Waals surface area contributed by atoms with E-state index in [4.69, 9.17) is 14.9 Å². The zero-order valence-electron chi connectivity index (χ0n) is 37.1. The summed E-state index contributed by atoms with van der Waals surface area (Å²) >= 11 is 0. The van der Waals surface area contributed by atoms with Crippen molar-refractivity contribution in [3.05, 3.63) is 144 Å². The van der Waals surface area contributed by atoms with Crippen molar-refractivity contribution < 1.29 is 30.0 Å². The third kappa shape index (κ3) is 7.91. The molecule has 8 aromatic rings. The van der Waals surface area contributed by atoms with E-state index in [1.807, 2.05) is 24.3 Å². The van der Waals surface area contributed by atoms with E-state index in [0.29, 0.717) is 23.1 Å². The molecule has 1 radical (unpaired) electrons. The van der Waals surface area contributed by atoms with E-state index in [1.54, 1.807) is 26.0 Å². The Bertz CT molecular complexity index is 2730. The third-order valence-electron chi connectivity index (χ3n) is 10.1. The molecule has 0 unspecified atom stereocenters. The van der Waals surface area contributed by atoms with Gasteiger partial charge in [0.2, 0.25) is 0 Å². The molecule has 55 heavy (non-hydrogen) atoms. The van der Waals surface area contributed by atoms with Crippen LogP contribution in [0.4, 0.5) is 0 Å². The minimum Gasteiger partial charge on any atom is -0.501 e. The van der Waals surface area contributed by atoms with Gasteiger partial charge >= 0.3 is 0 Å². The minimum absolute atomic E-state index is 0. The van der Waals surface area contributed by atoms with Crippen molar-refractivity contribution in [2.24, 2.45) is 0 Å². The van der Waals surface area contributed by atoms with Crippen molar-refractivity contribution in [2.75, 3.05) is 0 Å². The fourth-order valence-corrected chi connectivity index (χ4v) is 8.28. The smallest absolute Gasteiger partial charge is 0.120 e. The zero-order valence-corrected chi connectivity index (χ0v) is 36.5. The second-order valence-corrected chi connectivity index (χ2v) is 21.0. The van der Waals surface area contributed by atoms with Gasteiger partial charge < -0.3 is 14.0 Å². The molecule has 283 valence electrons. The predicted octanol–water partition coefficient (Wildman–Crippen LogP) is 13.2. The van der Waals surface area contributed by atoms with Gasteiger partial charge in [0.1, 0.15) is 5.58 Å². The van der Waals surface area contributed by atoms with Crippen LogP contribution in [0.3, 0.4) is 0 Å². The van der Waals surface area contributed by atoms with Gasteiger partial charge in [-0.1, -0.05) is 126 Å². The Morgan fingerprint density at radius 3 is 2.15 bits per heavy atom. The average Bonchev–Trinajstić information content (AvgIpc) is 3.75. The van der Waals surface area contributed by atoms with Gasteiger partial charge in [0, 0.05) is 42.9 Å². The maximum Gasteiger partial charge on any atom is 0.120 e. The van der Waals surface area contributed by atoms with Crippen LogP contribution in [0, 0.1) is 19.0 Å². The molecule has 3 aromatic heterocycles. The molecule has 3 heterocycles. The number of aryl methyl sites for hydroxylation is 1. The molecule has 0 fully saturated rings. The monoisotopic (exact) mass is 922 g/mol. The van der Waals surface area contributed by atoms with E-state index >= 15 is 0 Å². The van der Waals surface area contributed by atoms with Gasteiger partial charge in [0.05, 0.1) is 30.5 Å². The first kappa shape index (κ1) is 34.8. The number of benzene rings is 5. The number of furan rings is 1. The number of pyridine rings is 1. The van der Waals surface area contributed by atoms with E-state index in [2.05, 4.69) is 136 Å². The van der Waals surface area contributed by atoms with Crippen molar-refractivity contribution in [1.29, 1.82) is 0 Å². The molecule has 0 saturated carbocycles. The fraction of sp³-hybridized carbons (Fsp3) is 0.265. The minimum atomic E-state index is -2.26. The van der Waals surface area contributed by atoms with Gasteiger partial charge in [0.25, 0.3) is 0 Å². The van der Waals surface area contributed by atoms with Crippen molar-refractivity contribution in [2.45, 2.75) is 85.8 Å². The molecule has 0 bridgehead atoms. The van der Waals surface area contributed by atoms with E-state index in [9.17, 15) is 0 Å². The van der Waals surface area contributed by atoms with Crippen molar-refractivity contribution in [1.82, 2.24) is 14.5 Å². The Morgan fingerprint density at radius 2 is 1.49 bits per heavy atom. The Labute approximate surface area is 347 Å². The molecule has 0 aliphatic carbocycles. The Hall–Kier alpha value is -4.61. The summed E-state index contributed by atoms with van der Waals surface area (Å²) in [6.07, 6.45) is 1.36. The first-order chi connectivity index (χ1) is 27.3. The second kappa shape index (κ2) is 16.2. The SMILES string of the molecule is CC(C)c1cccc(C(C)C)c1-n1c(-c2[c-]ccc3c2oc2cc([Si](C)(C)C)ccc23)nc2ccccc21.[2H]C([2H])([2H])c1cnc(-c2[c-]cccc2)cc1C([2H])(C)C.[Ir]. The first-order valence-electron chi connectivity index (χ1n) is 20.8. The second-order valence-electron chi connectivity index (χ2n) is 15.9. The molecular formula is C49H51IrN3OSi-2. The van der Waals surface area contributed by atoms with Crippen LogP contribution in [0.1, 0.15) is 87.0 Å². The summed E-state index contributed by atoms with van der Waals surface area (Å²) in [6.45, 7) is 17.3. The number of hydrogen-bond acceptors (Lipinski definition) is 3. The van der Waals surface area contributed by atoms with Crippen LogP contribution in [0.25, 0.3) is 61.3 Å². The standard InChI is InChI=1S/C34H35N2OSi.C15H16N.Ir/c1-21(2)24-12-10-13-25(22(3)4)32(24)36-30-17-9-8-16-29(30)35-34(36)28-15-11-14-27-26-19-18-23(38(5,6)7)20-31(26)37-33(27)28;1-11(2)14-9-15(16-10-12(14)3)13-7-5-4-6-8-13;/h8-14,16-22H,1-7H3;4-7,9-11H,1-3H3;/q2*-1;/i;3D3,11D;. The molecular weight excluding hydrogens is 867 g/mol. The van der Waals surface area contributed by atoms with Gasteiger partial charge in [0.15, 0.2) is 0 Å². The molecule has 0 aliphatic heterocycles. The molecule has 0 spiro atoms. The molecule has 8 rings (SSSR count). The summed E-state index contributed by atoms with van der Waals surface area (Å²) in [5.41, 5.74) is 10.6. The number of imidazole rings is 1. The first-order valence-corrected chi connectivity index (χ1v) is 22.3. The van der Waals surface area contributed by atoms with Crippen LogP contribution in [0.2, 0.25) is 19.6 Å². The van der Waals surface area contributed by atoms with E-state index in [0.717, 1.165) is 49.9 Å². The number of fused-ring (bicyclic) bond motifs is 4. The van der Waals surface area contributed by atoms with Gasteiger partial charge in [-0.05, 0) is 70.7 Å². The van der Waals surface area contributed by atoms with Crippen LogP contribution >= 0.6 is 0 Å². The van der Waals surface area contributed by atoms with Gasteiger partial charge in [-0.3, -0.25) is 4.98 Å². The number of hydrogen-bond donors (Lipinski definition) is 0. The van der Waals surface area contributed by atoms with Gasteiger partial charge in [-0.25, -0.2) is 0 Å². The molecule has 0 atom stereocenters. The maximum atomic E-state index is 8.16. The van der Waals surface area contributed by atoms with Crippen molar-refractivity contribution in [3.8, 4) is 28.3 Å². The zero-order chi connectivity index (χ0) is 41.7. The summed E-state index contributed by atoms with van der Waals surface area (Å²) in [6, 6.07) is 41.7. The number of rotatable bonds is 7. The van der Waals surface area contributed by atoms with E-state index in [-0.39, 0.29) is 25.7 Å². The van der Waals surface area contributed by atoms with E-state index in [1.165, 1.54) is 28.2 Å². The topological polar surface area (TPSA) is 43.9 Å². The summed E-state index contributed by atoms with van der Waals surface area (Å²) in [5, 5.41) is 3.65. The van der Waals surface area contributed by atoms with Crippen molar-refractivity contribution >= 4 is 46.2 Å². The molecule has 6 heteroatoms. The van der Waals surface area contributed by atoms with Crippen LogP contribution < -0.4 is 5.19 Å². The van der Waals surface area contributed by atoms with Crippen LogP contribution in [0.15, 0.2) is 114 Å². The predicted molar refractivity (Wildman–Crippen MR) is 231 cm³/mol. The van der Waals surface area contributed by atoms with Crippen LogP contribution in [-0.2, 0) is 20.1 Å². The summed E-state index contributed by atoms with van der Waals surface area (Å²) in [4.78, 5) is 9.43. The van der Waals surface area contributed by atoms with Crippen molar-refractivity contribution in [3.63, 3.8) is 0 Å². The Balaban J connectivity index is 0.000000236. The fourth-order valence-electron chi connectivity index (χ4n) is 7.13. The Kier molecular flexibility index (Phi) is 10.3. The molecule has 0 N–H and O–H groups in total. The van der Waals surface area contributed by atoms with Gasteiger partial charge in [-0.2, -0.15) is 0 Å². The quantitative estimate of drug-likeness (QED) is 0.118. The van der Waals surface area contributed by atoms with E-state index < -0.39 is 20.8 Å². The largest absolute Gasteiger partial charge is 0.501 e. The number of aromatic nitrogens is 3. The number of nitrogens with zero attached hydrogens (tertiary/aromatic N) is 3. The molecule has 0 amide bonds.